The topological polar surface area (TPSA) is 123 Å². The molecule has 0 fully saturated rings. The highest BCUT2D eigenvalue weighted by Crippen LogP contribution is 2.49. The van der Waals surface area contributed by atoms with E-state index in [-0.39, 0.29) is 22.6 Å². The Morgan fingerprint density at radius 3 is 2.03 bits per heavy atom. The fourth-order valence-electron chi connectivity index (χ4n) is 3.97. The number of aromatic carboxylic acids is 1. The Kier molecular flexibility index (Phi) is 5.73. The molecule has 0 spiro atoms. The molecule has 0 saturated carbocycles. The van der Waals surface area contributed by atoms with E-state index in [0.29, 0.717) is 32.5 Å². The molecule has 1 aliphatic rings. The number of carboxylic acids is 1. The van der Waals surface area contributed by atoms with Crippen LogP contribution in [-0.4, -0.2) is 31.2 Å². The van der Waals surface area contributed by atoms with Crippen molar-refractivity contribution in [1.82, 2.24) is 0 Å². The molecular formula is C23H19Cl2N3O5. The van der Waals surface area contributed by atoms with Crippen LogP contribution in [0.3, 0.4) is 0 Å². The predicted molar refractivity (Wildman–Crippen MR) is 126 cm³/mol. The number of hydrogen-bond acceptors (Lipinski definition) is 6. The summed E-state index contributed by atoms with van der Waals surface area (Å²) in [5.74, 6) is -1.42. The van der Waals surface area contributed by atoms with E-state index >= 15 is 0 Å². The molecule has 3 aromatic carbocycles. The van der Waals surface area contributed by atoms with Gasteiger partial charge in [-0.05, 0) is 42.5 Å². The van der Waals surface area contributed by atoms with E-state index in [2.05, 4.69) is 10.6 Å². The summed E-state index contributed by atoms with van der Waals surface area (Å²) in [4.78, 5) is 23.6. The lowest BCUT2D eigenvalue weighted by Crippen LogP contribution is -2.41. The molecule has 10 heteroatoms. The lowest BCUT2D eigenvalue weighted by Gasteiger charge is -2.34. The van der Waals surface area contributed by atoms with Gasteiger partial charge >= 0.3 is 5.97 Å². The standard InChI is InChI=1S/C23H19Cl2N3O5/c1-32-17-9-12(10-18(33-2)19(17)21(26)29)23(20-13(24)4-3-5-14(20)25)27-15-7-6-11(22(30)31)8-16(15)28-23/h3-10,27-28H,1-2H3,(H2,26,29)(H,30,31). The summed E-state index contributed by atoms with van der Waals surface area (Å²) in [6.07, 6.45) is 0. The number of anilines is 2. The molecule has 4 rings (SSSR count). The maximum Gasteiger partial charge on any atom is 0.335 e. The molecular weight excluding hydrogens is 469 g/mol. The van der Waals surface area contributed by atoms with Crippen LogP contribution in [0.25, 0.3) is 0 Å². The molecule has 0 saturated heterocycles. The van der Waals surface area contributed by atoms with Crippen LogP contribution in [0.1, 0.15) is 31.8 Å². The van der Waals surface area contributed by atoms with Gasteiger partial charge < -0.3 is 30.9 Å². The molecule has 1 unspecified atom stereocenters. The zero-order chi connectivity index (χ0) is 23.9. The molecule has 8 nitrogen and oxygen atoms in total. The van der Waals surface area contributed by atoms with Crippen LogP contribution in [0.4, 0.5) is 11.4 Å². The number of fused-ring (bicyclic) bond motifs is 1. The van der Waals surface area contributed by atoms with Gasteiger partial charge in [-0.2, -0.15) is 0 Å². The number of rotatable bonds is 6. The lowest BCUT2D eigenvalue weighted by atomic mass is 9.89. The molecule has 1 atom stereocenters. The first-order valence-corrected chi connectivity index (χ1v) is 10.4. The minimum atomic E-state index is -1.26. The van der Waals surface area contributed by atoms with Gasteiger partial charge in [0.05, 0.1) is 31.2 Å². The summed E-state index contributed by atoms with van der Waals surface area (Å²) in [7, 11) is 2.81. The minimum absolute atomic E-state index is 0.0767. The predicted octanol–water partition coefficient (Wildman–Crippen LogP) is 4.55. The summed E-state index contributed by atoms with van der Waals surface area (Å²) >= 11 is 13.2. The van der Waals surface area contributed by atoms with Crippen LogP contribution in [-0.2, 0) is 5.66 Å². The Balaban J connectivity index is 2.02. The first kappa shape index (κ1) is 22.6. The van der Waals surface area contributed by atoms with Crippen molar-refractivity contribution in [3.63, 3.8) is 0 Å². The zero-order valence-corrected chi connectivity index (χ0v) is 19.0. The van der Waals surface area contributed by atoms with E-state index in [0.717, 1.165) is 0 Å². The Morgan fingerprint density at radius 1 is 0.939 bits per heavy atom. The van der Waals surface area contributed by atoms with E-state index in [9.17, 15) is 14.7 Å². The van der Waals surface area contributed by atoms with Crippen molar-refractivity contribution >= 4 is 46.5 Å². The number of methoxy groups -OCH3 is 2. The summed E-state index contributed by atoms with van der Waals surface area (Å²) < 4.78 is 10.9. The SMILES string of the molecule is COc1cc(C2(c3c(Cl)cccc3Cl)Nc3ccc(C(=O)O)cc3N2)cc(OC)c1C(N)=O. The molecule has 3 aromatic rings. The van der Waals surface area contributed by atoms with Crippen LogP contribution in [0, 0.1) is 0 Å². The highest BCUT2D eigenvalue weighted by atomic mass is 35.5. The smallest absolute Gasteiger partial charge is 0.335 e. The third kappa shape index (κ3) is 3.67. The highest BCUT2D eigenvalue weighted by Gasteiger charge is 2.44. The Labute approximate surface area is 199 Å². The number of benzene rings is 3. The van der Waals surface area contributed by atoms with Gasteiger partial charge in [0, 0.05) is 21.2 Å². The second kappa shape index (κ2) is 8.38. The van der Waals surface area contributed by atoms with Gasteiger partial charge in [-0.15, -0.1) is 0 Å². The van der Waals surface area contributed by atoms with Crippen molar-refractivity contribution in [3.05, 3.63) is 80.8 Å². The van der Waals surface area contributed by atoms with Gasteiger partial charge in [-0.1, -0.05) is 29.3 Å². The number of halogens is 2. The van der Waals surface area contributed by atoms with Crippen LogP contribution >= 0.6 is 23.2 Å². The number of nitrogens with one attached hydrogen (secondary N) is 2. The van der Waals surface area contributed by atoms with Crippen LogP contribution in [0.15, 0.2) is 48.5 Å². The summed E-state index contributed by atoms with van der Waals surface area (Å²) in [6, 6.07) is 12.9. The van der Waals surface area contributed by atoms with E-state index in [1.807, 2.05) is 0 Å². The first-order valence-electron chi connectivity index (χ1n) is 9.66. The number of nitrogens with two attached hydrogens (primary N) is 1. The Morgan fingerprint density at radius 2 is 1.52 bits per heavy atom. The van der Waals surface area contributed by atoms with Crippen molar-refractivity contribution < 1.29 is 24.2 Å². The molecule has 0 aromatic heterocycles. The van der Waals surface area contributed by atoms with Crippen LogP contribution in [0.2, 0.25) is 10.0 Å². The molecule has 1 aliphatic heterocycles. The second-order valence-electron chi connectivity index (χ2n) is 7.28. The van der Waals surface area contributed by atoms with Gasteiger partial charge in [0.25, 0.3) is 5.91 Å². The van der Waals surface area contributed by atoms with Gasteiger partial charge in [-0.3, -0.25) is 4.79 Å². The quantitative estimate of drug-likeness (QED) is 0.402. The molecule has 33 heavy (non-hydrogen) atoms. The van der Waals surface area contributed by atoms with Crippen molar-refractivity contribution in [3.8, 4) is 11.5 Å². The number of ether oxygens (including phenoxy) is 2. The Hall–Kier alpha value is -3.62. The van der Waals surface area contributed by atoms with Gasteiger partial charge in [0.1, 0.15) is 17.1 Å². The van der Waals surface area contributed by atoms with Gasteiger partial charge in [-0.25, -0.2) is 4.79 Å². The Bertz CT molecular complexity index is 1250. The average molecular weight is 488 g/mol. The fourth-order valence-corrected chi connectivity index (χ4v) is 4.65. The number of carbonyl (C=O) groups is 2. The summed E-state index contributed by atoms with van der Waals surface area (Å²) in [5, 5.41) is 16.8. The third-order valence-electron chi connectivity index (χ3n) is 5.43. The maximum absolute atomic E-state index is 12.1. The average Bonchev–Trinajstić information content (AvgIpc) is 3.17. The van der Waals surface area contributed by atoms with Crippen LogP contribution < -0.4 is 25.8 Å². The van der Waals surface area contributed by atoms with Crippen molar-refractivity contribution in [2.75, 3.05) is 24.9 Å². The van der Waals surface area contributed by atoms with E-state index in [1.54, 1.807) is 36.4 Å². The number of primary amides is 1. The van der Waals surface area contributed by atoms with Gasteiger partial charge in [0.15, 0.2) is 5.66 Å². The van der Waals surface area contributed by atoms with E-state index < -0.39 is 17.5 Å². The zero-order valence-electron chi connectivity index (χ0n) is 17.5. The molecule has 1 amide bonds. The van der Waals surface area contributed by atoms with E-state index in [4.69, 9.17) is 38.4 Å². The maximum atomic E-state index is 12.1. The van der Waals surface area contributed by atoms with Crippen LogP contribution in [0.5, 0.6) is 11.5 Å². The number of carbonyl (C=O) groups excluding carboxylic acids is 1. The molecule has 170 valence electrons. The lowest BCUT2D eigenvalue weighted by molar-refractivity contribution is 0.0696. The molecule has 0 bridgehead atoms. The highest BCUT2D eigenvalue weighted by molar-refractivity contribution is 6.36. The molecule has 1 heterocycles. The number of carboxylic acid groups (broad SMARTS) is 1. The van der Waals surface area contributed by atoms with Crippen molar-refractivity contribution in [2.45, 2.75) is 5.66 Å². The fraction of sp³-hybridized carbons (Fsp3) is 0.130. The second-order valence-corrected chi connectivity index (χ2v) is 8.10. The largest absolute Gasteiger partial charge is 0.496 e. The normalized spacial score (nSPS) is 16.4. The minimum Gasteiger partial charge on any atom is -0.496 e. The summed E-state index contributed by atoms with van der Waals surface area (Å²) in [6.45, 7) is 0. The van der Waals surface area contributed by atoms with E-state index in [1.165, 1.54) is 26.4 Å². The first-order chi connectivity index (χ1) is 15.7. The van der Waals surface area contributed by atoms with Crippen molar-refractivity contribution in [2.24, 2.45) is 5.73 Å². The summed E-state index contributed by atoms with van der Waals surface area (Å²) in [5.41, 5.74) is 6.62. The van der Waals surface area contributed by atoms with Crippen molar-refractivity contribution in [1.29, 1.82) is 0 Å². The molecule has 5 N–H and O–H groups in total. The molecule has 0 aliphatic carbocycles. The number of hydrogen-bond donors (Lipinski definition) is 4. The van der Waals surface area contributed by atoms with Gasteiger partial charge in [0.2, 0.25) is 0 Å². The number of amides is 1. The monoisotopic (exact) mass is 487 g/mol. The molecule has 0 radical (unpaired) electrons. The third-order valence-corrected chi connectivity index (χ3v) is 6.06.